The minimum absolute atomic E-state index is 0.0542. The van der Waals surface area contributed by atoms with Gasteiger partial charge in [0.1, 0.15) is 18.6 Å². The number of rotatable bonds is 25. The Morgan fingerprint density at radius 3 is 2.23 bits per heavy atom. The summed E-state index contributed by atoms with van der Waals surface area (Å²) < 4.78 is 0. The molecule has 0 saturated carbocycles. The van der Waals surface area contributed by atoms with E-state index in [1.54, 1.807) is 18.2 Å². The lowest BCUT2D eigenvalue weighted by molar-refractivity contribution is -0.139. The zero-order valence-electron chi connectivity index (χ0n) is 24.7. The monoisotopic (exact) mass is 625 g/mol. The average Bonchev–Trinajstić information content (AvgIpc) is 2.95. The molecule has 0 aromatic heterocycles. The summed E-state index contributed by atoms with van der Waals surface area (Å²) in [4.78, 5) is 57.8. The van der Waals surface area contributed by atoms with E-state index >= 15 is 0 Å². The molecule has 12 nitrogen and oxygen atoms in total. The highest BCUT2D eigenvalue weighted by Gasteiger charge is 2.25. The van der Waals surface area contributed by atoms with Gasteiger partial charge in [0, 0.05) is 23.8 Å². The first-order valence-corrected chi connectivity index (χ1v) is 15.5. The fourth-order valence-electron chi connectivity index (χ4n) is 3.54. The third kappa shape index (κ3) is 22.8. The van der Waals surface area contributed by atoms with E-state index in [9.17, 15) is 29.1 Å². The summed E-state index contributed by atoms with van der Waals surface area (Å²) in [6, 6.07) is -2.45. The Morgan fingerprint density at radius 1 is 0.860 bits per heavy atom. The van der Waals surface area contributed by atoms with E-state index in [-0.39, 0.29) is 37.9 Å². The minimum atomic E-state index is -1.28. The second kappa shape index (κ2) is 25.1. The van der Waals surface area contributed by atoms with Crippen molar-refractivity contribution in [3.63, 3.8) is 0 Å². The number of hydrogen-bond acceptors (Lipinski definition) is 8. The molecule has 0 fully saturated rings. The zero-order chi connectivity index (χ0) is 32.5. The molecule has 0 aromatic rings. The molecule has 2 amide bonds. The van der Waals surface area contributed by atoms with E-state index in [0.717, 1.165) is 24.6 Å². The van der Waals surface area contributed by atoms with Gasteiger partial charge >= 0.3 is 17.9 Å². The number of carboxylic acids is 3. The lowest BCUT2D eigenvalue weighted by atomic mass is 10.1. The number of aliphatic hydroxyl groups excluding tert-OH is 1. The number of allylic oxidation sites excluding steroid dienone is 7. The highest BCUT2D eigenvalue weighted by Crippen LogP contribution is 2.22. The van der Waals surface area contributed by atoms with Crippen LogP contribution in [0.25, 0.3) is 0 Å². The Hall–Kier alpha value is -3.42. The average molecular weight is 626 g/mol. The van der Waals surface area contributed by atoms with E-state index in [0.29, 0.717) is 0 Å². The molecule has 43 heavy (non-hydrogen) atoms. The smallest absolute Gasteiger partial charge is 0.322 e. The van der Waals surface area contributed by atoms with Gasteiger partial charge in [0.15, 0.2) is 0 Å². The van der Waals surface area contributed by atoms with Crippen molar-refractivity contribution >= 4 is 41.5 Å². The summed E-state index contributed by atoms with van der Waals surface area (Å²) in [5.74, 6) is -5.01. The Kier molecular flexibility index (Phi) is 23.1. The maximum atomic E-state index is 12.6. The van der Waals surface area contributed by atoms with Crippen LogP contribution in [0.1, 0.15) is 71.1 Å². The van der Waals surface area contributed by atoms with E-state index in [2.05, 4.69) is 29.7 Å². The number of unbranched alkanes of at least 4 members (excludes halogenated alkanes) is 3. The van der Waals surface area contributed by atoms with E-state index in [4.69, 9.17) is 21.1 Å². The molecular formula is C30H47N3O9S. The van der Waals surface area contributed by atoms with Crippen molar-refractivity contribution in [3.8, 4) is 0 Å². The second-order valence-electron chi connectivity index (χ2n) is 9.77. The van der Waals surface area contributed by atoms with Crippen LogP contribution in [0.2, 0.25) is 0 Å². The molecule has 4 unspecified atom stereocenters. The molecule has 13 heteroatoms. The number of nitrogens with one attached hydrogen (secondary N) is 2. The van der Waals surface area contributed by atoms with Gasteiger partial charge in [-0.2, -0.15) is 0 Å². The maximum absolute atomic E-state index is 12.6. The maximum Gasteiger partial charge on any atom is 0.322 e. The fraction of sp³-hybridized carbons (Fsp3) is 0.567. The number of aliphatic hydroxyl groups is 1. The van der Waals surface area contributed by atoms with Crippen LogP contribution in [0.15, 0.2) is 48.6 Å². The first-order valence-electron chi connectivity index (χ1n) is 14.4. The predicted octanol–water partition coefficient (Wildman–Crippen LogP) is 2.78. The molecule has 0 bridgehead atoms. The van der Waals surface area contributed by atoms with Crippen LogP contribution in [0.4, 0.5) is 0 Å². The number of carboxylic acid groups (broad SMARTS) is 3. The van der Waals surface area contributed by atoms with Gasteiger partial charge in [-0.3, -0.25) is 24.0 Å². The largest absolute Gasteiger partial charge is 0.481 e. The Bertz CT molecular complexity index is 982. The molecule has 0 aliphatic heterocycles. The van der Waals surface area contributed by atoms with Crippen molar-refractivity contribution in [2.75, 3.05) is 12.3 Å². The van der Waals surface area contributed by atoms with Gasteiger partial charge in [-0.25, -0.2) is 0 Å². The molecule has 0 saturated heterocycles. The molecule has 0 aromatic carbocycles. The van der Waals surface area contributed by atoms with Crippen molar-refractivity contribution in [1.29, 1.82) is 0 Å². The Morgan fingerprint density at radius 2 is 1.58 bits per heavy atom. The van der Waals surface area contributed by atoms with E-state index in [1.807, 2.05) is 18.2 Å². The van der Waals surface area contributed by atoms with Crippen molar-refractivity contribution < 1.29 is 44.4 Å². The van der Waals surface area contributed by atoms with Crippen LogP contribution in [-0.4, -0.2) is 85.9 Å². The first-order chi connectivity index (χ1) is 20.5. The van der Waals surface area contributed by atoms with Gasteiger partial charge in [0.05, 0.1) is 6.10 Å². The van der Waals surface area contributed by atoms with Gasteiger partial charge in [-0.1, -0.05) is 68.4 Å². The van der Waals surface area contributed by atoms with Gasteiger partial charge < -0.3 is 36.8 Å². The molecule has 0 spiro atoms. The molecule has 0 radical (unpaired) electrons. The van der Waals surface area contributed by atoms with Gasteiger partial charge in [0.25, 0.3) is 0 Å². The first kappa shape index (κ1) is 39.6. The van der Waals surface area contributed by atoms with Crippen LogP contribution in [-0.2, 0) is 24.0 Å². The highest BCUT2D eigenvalue weighted by atomic mass is 32.2. The lowest BCUT2D eigenvalue weighted by Crippen LogP contribution is -2.50. The quantitative estimate of drug-likeness (QED) is 0.0444. The number of aliphatic carboxylic acids is 3. The van der Waals surface area contributed by atoms with Crippen LogP contribution >= 0.6 is 11.8 Å². The summed E-state index contributed by atoms with van der Waals surface area (Å²) >= 11 is 1.13. The topological polar surface area (TPSA) is 216 Å². The third-order valence-electron chi connectivity index (χ3n) is 5.97. The van der Waals surface area contributed by atoms with Gasteiger partial charge in [-0.05, 0) is 38.5 Å². The number of amides is 2. The number of carbonyl (C=O) groups is 5. The SMILES string of the molecule is CCCCC/C=C\C/C=C/C=CC=CC(SCC(NC(=O)CCC(N)C(=O)O)C(=O)NCC(=O)O)C(O)CCCC(=O)O. The number of thioether (sulfide) groups is 1. The van der Waals surface area contributed by atoms with Crippen LogP contribution in [0.3, 0.4) is 0 Å². The van der Waals surface area contributed by atoms with Crippen molar-refractivity contribution in [1.82, 2.24) is 10.6 Å². The highest BCUT2D eigenvalue weighted by molar-refractivity contribution is 8.00. The van der Waals surface area contributed by atoms with Crippen LogP contribution < -0.4 is 16.4 Å². The minimum Gasteiger partial charge on any atom is -0.481 e. The summed E-state index contributed by atoms with van der Waals surface area (Å²) in [6.45, 7) is 1.49. The fourth-order valence-corrected chi connectivity index (χ4v) is 4.75. The predicted molar refractivity (Wildman–Crippen MR) is 166 cm³/mol. The number of nitrogens with two attached hydrogens (primary N) is 1. The van der Waals surface area contributed by atoms with E-state index < -0.39 is 59.7 Å². The summed E-state index contributed by atoms with van der Waals surface area (Å²) in [7, 11) is 0. The van der Waals surface area contributed by atoms with Crippen molar-refractivity contribution in [2.45, 2.75) is 94.6 Å². The third-order valence-corrected chi connectivity index (χ3v) is 7.36. The van der Waals surface area contributed by atoms with Crippen LogP contribution in [0, 0.1) is 0 Å². The molecule has 242 valence electrons. The molecule has 0 heterocycles. The van der Waals surface area contributed by atoms with Crippen molar-refractivity contribution in [2.24, 2.45) is 5.73 Å². The van der Waals surface area contributed by atoms with Gasteiger partial charge in [-0.15, -0.1) is 11.8 Å². The summed E-state index contributed by atoms with van der Waals surface area (Å²) in [5, 5.41) is 41.6. The number of hydrogen-bond donors (Lipinski definition) is 7. The lowest BCUT2D eigenvalue weighted by Gasteiger charge is -2.23. The summed E-state index contributed by atoms with van der Waals surface area (Å²) in [5.41, 5.74) is 5.43. The Labute approximate surface area is 257 Å². The Balaban J connectivity index is 5.38. The molecule has 4 atom stereocenters. The van der Waals surface area contributed by atoms with Crippen molar-refractivity contribution in [3.05, 3.63) is 48.6 Å². The number of carbonyl (C=O) groups excluding carboxylic acids is 2. The molecule has 0 aliphatic carbocycles. The standard InChI is InChI=1S/C30H47N3O9S/c1-2-3-4-5-6-7-8-9-10-11-12-13-16-25(24(34)15-14-17-27(36)37)43-21-23(29(40)32-20-28(38)39)33-26(35)19-18-22(31)30(41)42/h6-7,9-13,16,22-25,34H,2-5,8,14-15,17-21,31H2,1H3,(H,32,40)(H,33,35)(H,36,37)(H,38,39)(H,41,42)/b7-6-,10-9+,12-11?,16-13?. The molecule has 0 rings (SSSR count). The second-order valence-corrected chi connectivity index (χ2v) is 11.0. The molecular weight excluding hydrogens is 578 g/mol. The normalized spacial score (nSPS) is 14.7. The van der Waals surface area contributed by atoms with E-state index in [1.165, 1.54) is 19.3 Å². The van der Waals surface area contributed by atoms with Gasteiger partial charge in [0.2, 0.25) is 11.8 Å². The van der Waals surface area contributed by atoms with Crippen LogP contribution in [0.5, 0.6) is 0 Å². The zero-order valence-corrected chi connectivity index (χ0v) is 25.5. The molecule has 8 N–H and O–H groups in total. The summed E-state index contributed by atoms with van der Waals surface area (Å²) in [6.07, 6.45) is 19.5. The molecule has 0 aliphatic rings.